The first-order valence-corrected chi connectivity index (χ1v) is 7.57. The van der Waals surface area contributed by atoms with Crippen LogP contribution in [0.1, 0.15) is 12.0 Å². The molecule has 2 N–H and O–H groups in total. The zero-order chi connectivity index (χ0) is 15.5. The molecule has 1 aromatic heterocycles. The molecule has 3 rings (SSSR count). The predicted molar refractivity (Wildman–Crippen MR) is 83.5 cm³/mol. The lowest BCUT2D eigenvalue weighted by molar-refractivity contribution is -0.121. The number of H-pyrrole nitrogens is 1. The van der Waals surface area contributed by atoms with Crippen molar-refractivity contribution in [3.8, 4) is 6.07 Å². The number of nitrogens with one attached hydrogen (secondary N) is 2. The summed E-state index contributed by atoms with van der Waals surface area (Å²) in [5, 5.41) is 13.6. The molecule has 22 heavy (non-hydrogen) atoms. The van der Waals surface area contributed by atoms with Crippen molar-refractivity contribution in [2.45, 2.75) is 18.9 Å². The minimum Gasteiger partial charge on any atom is -0.381 e. The summed E-state index contributed by atoms with van der Waals surface area (Å²) >= 11 is 6.01. The number of aromatic amines is 1. The number of amides is 1. The van der Waals surface area contributed by atoms with E-state index in [2.05, 4.69) is 16.4 Å². The second-order valence-electron chi connectivity index (χ2n) is 5.48. The number of ether oxygens (including phenoxy) is 1. The monoisotopic (exact) mass is 317 g/mol. The van der Waals surface area contributed by atoms with E-state index in [1.807, 2.05) is 12.1 Å². The maximum atomic E-state index is 12.2. The van der Waals surface area contributed by atoms with Gasteiger partial charge in [-0.3, -0.25) is 4.79 Å². The summed E-state index contributed by atoms with van der Waals surface area (Å²) in [6.07, 6.45) is 2.83. The highest BCUT2D eigenvalue weighted by Crippen LogP contribution is 2.23. The van der Waals surface area contributed by atoms with Crippen LogP contribution in [0.25, 0.3) is 10.9 Å². The Bertz CT molecular complexity index is 729. The van der Waals surface area contributed by atoms with Gasteiger partial charge in [0.05, 0.1) is 19.1 Å². The van der Waals surface area contributed by atoms with Gasteiger partial charge in [-0.2, -0.15) is 5.26 Å². The van der Waals surface area contributed by atoms with Crippen molar-refractivity contribution in [2.24, 2.45) is 5.92 Å². The third-order valence-electron chi connectivity index (χ3n) is 3.97. The SMILES string of the molecule is N#C[C@H](NC(=O)Cc1c[nH]c2ccc(Cl)cc12)[C@@H]1CCOC1. The molecule has 2 atom stereocenters. The van der Waals surface area contributed by atoms with E-state index in [4.69, 9.17) is 16.3 Å². The van der Waals surface area contributed by atoms with Crippen LogP contribution in [-0.4, -0.2) is 30.1 Å². The topological polar surface area (TPSA) is 77.9 Å². The molecule has 0 unspecified atom stereocenters. The first-order valence-electron chi connectivity index (χ1n) is 7.19. The summed E-state index contributed by atoms with van der Waals surface area (Å²) in [6.45, 7) is 1.18. The number of nitrogens with zero attached hydrogens (tertiary/aromatic N) is 1. The molecule has 0 aliphatic carbocycles. The number of carbonyl (C=O) groups is 1. The number of benzene rings is 1. The van der Waals surface area contributed by atoms with E-state index in [-0.39, 0.29) is 18.2 Å². The molecule has 1 saturated heterocycles. The maximum Gasteiger partial charge on any atom is 0.225 e. The lowest BCUT2D eigenvalue weighted by Gasteiger charge is -2.16. The zero-order valence-corrected chi connectivity index (χ0v) is 12.7. The molecule has 114 valence electrons. The van der Waals surface area contributed by atoms with E-state index in [0.29, 0.717) is 18.2 Å². The molecule has 0 saturated carbocycles. The van der Waals surface area contributed by atoms with Crippen molar-refractivity contribution in [1.82, 2.24) is 10.3 Å². The highest BCUT2D eigenvalue weighted by atomic mass is 35.5. The van der Waals surface area contributed by atoms with Crippen LogP contribution in [0.15, 0.2) is 24.4 Å². The fourth-order valence-corrected chi connectivity index (χ4v) is 2.94. The average Bonchev–Trinajstić information content (AvgIpc) is 3.15. The zero-order valence-electron chi connectivity index (χ0n) is 11.9. The van der Waals surface area contributed by atoms with Gasteiger partial charge < -0.3 is 15.0 Å². The van der Waals surface area contributed by atoms with Crippen molar-refractivity contribution in [3.63, 3.8) is 0 Å². The lowest BCUT2D eigenvalue weighted by Crippen LogP contribution is -2.40. The summed E-state index contributed by atoms with van der Waals surface area (Å²) in [7, 11) is 0. The number of halogens is 1. The molecule has 0 radical (unpaired) electrons. The largest absolute Gasteiger partial charge is 0.381 e. The van der Waals surface area contributed by atoms with E-state index >= 15 is 0 Å². The summed E-state index contributed by atoms with van der Waals surface area (Å²) in [4.78, 5) is 15.3. The summed E-state index contributed by atoms with van der Waals surface area (Å²) in [5.74, 6) is -0.0920. The van der Waals surface area contributed by atoms with E-state index in [1.165, 1.54) is 0 Å². The van der Waals surface area contributed by atoms with Crippen LogP contribution in [0, 0.1) is 17.2 Å². The Kier molecular flexibility index (Phi) is 4.32. The Morgan fingerprint density at radius 3 is 3.18 bits per heavy atom. The Morgan fingerprint density at radius 2 is 2.45 bits per heavy atom. The van der Waals surface area contributed by atoms with Crippen molar-refractivity contribution in [2.75, 3.05) is 13.2 Å². The molecule has 0 bridgehead atoms. The highest BCUT2D eigenvalue weighted by Gasteiger charge is 2.27. The number of hydrogen-bond donors (Lipinski definition) is 2. The first-order chi connectivity index (χ1) is 10.7. The van der Waals surface area contributed by atoms with Gasteiger partial charge >= 0.3 is 0 Å². The molecule has 1 aliphatic heterocycles. The van der Waals surface area contributed by atoms with Gasteiger partial charge in [-0.25, -0.2) is 0 Å². The quantitative estimate of drug-likeness (QED) is 0.909. The van der Waals surface area contributed by atoms with Crippen molar-refractivity contribution in [3.05, 3.63) is 35.0 Å². The second kappa shape index (κ2) is 6.39. The fraction of sp³-hybridized carbons (Fsp3) is 0.375. The van der Waals surface area contributed by atoms with Gasteiger partial charge in [0.15, 0.2) is 0 Å². The Labute approximate surface area is 133 Å². The standard InChI is InChI=1S/C16H16ClN3O2/c17-12-1-2-14-13(6-12)11(8-19-14)5-16(21)20-15(7-18)10-3-4-22-9-10/h1-2,6,8,10,15,19H,3-5,9H2,(H,20,21)/t10-,15+/m1/s1. The van der Waals surface area contributed by atoms with Crippen molar-refractivity contribution >= 4 is 28.4 Å². The van der Waals surface area contributed by atoms with Crippen LogP contribution in [-0.2, 0) is 16.0 Å². The molecule has 2 heterocycles. The summed E-state index contributed by atoms with van der Waals surface area (Å²) in [5.41, 5.74) is 1.81. The van der Waals surface area contributed by atoms with E-state index in [9.17, 15) is 10.1 Å². The molecule has 1 aromatic carbocycles. The minimum atomic E-state index is -0.496. The highest BCUT2D eigenvalue weighted by molar-refractivity contribution is 6.31. The number of carbonyl (C=O) groups excluding carboxylic acids is 1. The maximum absolute atomic E-state index is 12.2. The van der Waals surface area contributed by atoms with Gasteiger partial charge in [0, 0.05) is 34.6 Å². The molecule has 0 spiro atoms. The molecule has 1 amide bonds. The smallest absolute Gasteiger partial charge is 0.225 e. The van der Waals surface area contributed by atoms with Crippen molar-refractivity contribution in [1.29, 1.82) is 5.26 Å². The first kappa shape index (κ1) is 14.9. The van der Waals surface area contributed by atoms with Crippen molar-refractivity contribution < 1.29 is 9.53 Å². The van der Waals surface area contributed by atoms with Gasteiger partial charge in [0.1, 0.15) is 6.04 Å². The molecule has 1 fully saturated rings. The minimum absolute atomic E-state index is 0.0753. The third-order valence-corrected chi connectivity index (χ3v) is 4.21. The second-order valence-corrected chi connectivity index (χ2v) is 5.91. The van der Waals surface area contributed by atoms with Crippen LogP contribution in [0.3, 0.4) is 0 Å². The average molecular weight is 318 g/mol. The third kappa shape index (κ3) is 3.08. The number of fused-ring (bicyclic) bond motifs is 1. The Balaban J connectivity index is 1.70. The summed E-state index contributed by atoms with van der Waals surface area (Å²) in [6, 6.07) is 7.18. The van der Waals surface area contributed by atoms with Gasteiger partial charge in [-0.05, 0) is 30.2 Å². The van der Waals surface area contributed by atoms with Gasteiger partial charge in [0.25, 0.3) is 0 Å². The number of nitriles is 1. The van der Waals surface area contributed by atoms with Crippen LogP contribution < -0.4 is 5.32 Å². The van der Waals surface area contributed by atoms with Crippen LogP contribution in [0.2, 0.25) is 5.02 Å². The number of aromatic nitrogens is 1. The normalized spacial score (nSPS) is 19.0. The van der Waals surface area contributed by atoms with Crippen LogP contribution in [0.5, 0.6) is 0 Å². The van der Waals surface area contributed by atoms with Gasteiger partial charge in [-0.1, -0.05) is 11.6 Å². The lowest BCUT2D eigenvalue weighted by atomic mass is 10.00. The van der Waals surface area contributed by atoms with Gasteiger partial charge in [-0.15, -0.1) is 0 Å². The molecule has 6 heteroatoms. The molecular formula is C16H16ClN3O2. The molecule has 1 aliphatic rings. The Hall–Kier alpha value is -2.03. The predicted octanol–water partition coefficient (Wildman–Crippen LogP) is 2.41. The molecule has 2 aromatic rings. The number of rotatable bonds is 4. The number of hydrogen-bond acceptors (Lipinski definition) is 3. The van der Waals surface area contributed by atoms with E-state index < -0.39 is 6.04 Å². The fourth-order valence-electron chi connectivity index (χ4n) is 2.77. The van der Waals surface area contributed by atoms with Crippen LogP contribution in [0.4, 0.5) is 0 Å². The van der Waals surface area contributed by atoms with E-state index in [0.717, 1.165) is 22.9 Å². The van der Waals surface area contributed by atoms with E-state index in [1.54, 1.807) is 12.3 Å². The molecular weight excluding hydrogens is 302 g/mol. The van der Waals surface area contributed by atoms with Gasteiger partial charge in [0.2, 0.25) is 5.91 Å². The Morgan fingerprint density at radius 1 is 1.59 bits per heavy atom. The summed E-state index contributed by atoms with van der Waals surface area (Å²) < 4.78 is 5.28. The molecule has 5 nitrogen and oxygen atoms in total. The van der Waals surface area contributed by atoms with Crippen LogP contribution >= 0.6 is 11.6 Å².